The fraction of sp³-hybridized carbons (Fsp3) is 0.410. The third-order valence-electron chi connectivity index (χ3n) is 11.8. The molecule has 2 bridgehead atoms. The van der Waals surface area contributed by atoms with Gasteiger partial charge >= 0.3 is 41.8 Å². The molecular weight excluding hydrogens is 768 g/mol. The van der Waals surface area contributed by atoms with E-state index < -0.39 is 104 Å². The van der Waals surface area contributed by atoms with E-state index in [-0.39, 0.29) is 0 Å². The Labute approximate surface area is 330 Å². The number of esters is 7. The van der Waals surface area contributed by atoms with E-state index in [0.29, 0.717) is 16.8 Å². The molecule has 1 saturated heterocycles. The van der Waals surface area contributed by atoms with Crippen molar-refractivity contribution < 1.29 is 81.0 Å². The molecule has 7 atom stereocenters. The van der Waals surface area contributed by atoms with Gasteiger partial charge in [-0.3, -0.25) is 14.4 Å². The second-order valence-corrected chi connectivity index (χ2v) is 13.6. The quantitative estimate of drug-likeness (QED) is 0.239. The van der Waals surface area contributed by atoms with E-state index in [0.717, 1.165) is 56.9 Å². The van der Waals surface area contributed by atoms with Gasteiger partial charge in [0.1, 0.15) is 17.3 Å². The van der Waals surface area contributed by atoms with E-state index in [1.54, 1.807) is 61.6 Å². The minimum Gasteiger partial charge on any atom is -0.468 e. The minimum atomic E-state index is -3.16. The van der Waals surface area contributed by atoms with Crippen LogP contribution in [0.25, 0.3) is 0 Å². The molecule has 4 heterocycles. The highest BCUT2D eigenvalue weighted by molar-refractivity contribution is 6.21. The van der Waals surface area contributed by atoms with Crippen LogP contribution in [0.5, 0.6) is 0 Å². The summed E-state index contributed by atoms with van der Waals surface area (Å²) in [7, 11) is 9.14. The second-order valence-electron chi connectivity index (χ2n) is 13.6. The Kier molecular flexibility index (Phi) is 9.31. The smallest absolute Gasteiger partial charge is 0.348 e. The Morgan fingerprint density at radius 1 is 0.603 bits per heavy atom. The van der Waals surface area contributed by atoms with E-state index in [2.05, 4.69) is 0 Å². The first-order valence-corrected chi connectivity index (χ1v) is 17.4. The van der Waals surface area contributed by atoms with Gasteiger partial charge in [0.05, 0.1) is 61.4 Å². The maximum Gasteiger partial charge on any atom is 0.348 e. The van der Waals surface area contributed by atoms with Crippen molar-refractivity contribution in [1.82, 2.24) is 5.06 Å². The van der Waals surface area contributed by atoms with Crippen LogP contribution in [-0.2, 0) is 81.0 Å². The van der Waals surface area contributed by atoms with Crippen molar-refractivity contribution in [1.29, 1.82) is 0 Å². The Morgan fingerprint density at radius 3 is 1.69 bits per heavy atom. The zero-order valence-corrected chi connectivity index (χ0v) is 32.7. The van der Waals surface area contributed by atoms with Crippen LogP contribution >= 0.6 is 0 Å². The molecule has 19 heteroatoms. The molecule has 4 aliphatic heterocycles. The van der Waals surface area contributed by atoms with Crippen LogP contribution in [0, 0.1) is 10.8 Å². The summed E-state index contributed by atoms with van der Waals surface area (Å²) in [5.41, 5.74) is -14.3. The molecule has 5 aliphatic rings. The fourth-order valence-corrected chi connectivity index (χ4v) is 9.85. The second kappa shape index (κ2) is 13.5. The van der Waals surface area contributed by atoms with Gasteiger partial charge in [0, 0.05) is 25.4 Å². The third kappa shape index (κ3) is 4.12. The molecule has 7 rings (SSSR count). The normalized spacial score (nSPS) is 31.4. The molecule has 58 heavy (non-hydrogen) atoms. The predicted molar refractivity (Wildman–Crippen MR) is 189 cm³/mol. The minimum absolute atomic E-state index is 0.302. The van der Waals surface area contributed by atoms with Crippen molar-refractivity contribution >= 4 is 47.5 Å². The van der Waals surface area contributed by atoms with Crippen LogP contribution in [-0.4, -0.2) is 128 Å². The number of methoxy groups -OCH3 is 8. The van der Waals surface area contributed by atoms with Gasteiger partial charge in [-0.2, -0.15) is 5.06 Å². The molecule has 1 aliphatic carbocycles. The average molecular weight is 807 g/mol. The number of carbonyl (C=O) groups is 7. The van der Waals surface area contributed by atoms with Gasteiger partial charge in [-0.05, 0) is 17.2 Å². The van der Waals surface area contributed by atoms with Crippen LogP contribution in [0.15, 0.2) is 76.9 Å². The number of ether oxygens (including phenoxy) is 9. The van der Waals surface area contributed by atoms with Crippen LogP contribution < -0.4 is 4.90 Å². The number of hydrogen-bond donors (Lipinski definition) is 0. The number of carbonyl (C=O) groups excluding carboxylic acids is 7. The van der Waals surface area contributed by atoms with Crippen molar-refractivity contribution in [3.8, 4) is 0 Å². The van der Waals surface area contributed by atoms with Crippen LogP contribution in [0.4, 0.5) is 5.69 Å². The van der Waals surface area contributed by atoms with Crippen molar-refractivity contribution in [2.24, 2.45) is 10.8 Å². The molecule has 2 aromatic carbocycles. The van der Waals surface area contributed by atoms with Gasteiger partial charge in [-0.25, -0.2) is 24.0 Å². The molecule has 0 spiro atoms. The SMILES string of the molecule is COC(=O)C1=C(C(=O)OC)[C@]2(C(=O)OC)O[C@@]1(OC)C([C@]1(C(=O)OC)[C@]3(C(=O)OC)ON4C(c5ccccc5)N(C)c5ccccc5C4[C@@]31C(=O)OC)=C2C(=O)OC. The first kappa shape index (κ1) is 40.1. The highest BCUT2D eigenvalue weighted by Crippen LogP contribution is 2.90. The summed E-state index contributed by atoms with van der Waals surface area (Å²) in [6, 6.07) is 14.0. The van der Waals surface area contributed by atoms with E-state index in [1.807, 2.05) is 4.90 Å². The summed E-state index contributed by atoms with van der Waals surface area (Å²) in [6.45, 7) is 0. The molecule has 2 unspecified atom stereocenters. The topological polar surface area (TPSA) is 218 Å². The third-order valence-corrected chi connectivity index (χ3v) is 11.8. The summed E-state index contributed by atoms with van der Waals surface area (Å²) in [6.07, 6.45) is -0.938. The standard InChI is InChI=1S/C39H38N2O17/c1-40-21-18-14-13-17-20(21)26-37(33(47)54-7)36(32(46)53-6,39(37,34(48)55-8)58-41(26)27(40)19-15-11-10-12-16-19)25-24(30(44)51-4)35(31(45)52-5)22(28(42)49-2)23(29(43)50-3)38(25,56-9)57-35/h10-18,26-27H,1-9H3/t26?,27?,35-,36+,37-,38+,39-/m0/s1. The van der Waals surface area contributed by atoms with Gasteiger partial charge in [-0.15, -0.1) is 0 Å². The fourth-order valence-electron chi connectivity index (χ4n) is 9.85. The van der Waals surface area contributed by atoms with Crippen LogP contribution in [0.2, 0.25) is 0 Å². The van der Waals surface area contributed by atoms with Crippen molar-refractivity contribution in [3.05, 3.63) is 88.0 Å². The molecule has 1 saturated carbocycles. The van der Waals surface area contributed by atoms with Gasteiger partial charge in [0.25, 0.3) is 0 Å². The van der Waals surface area contributed by atoms with Gasteiger partial charge in [0.2, 0.25) is 17.0 Å². The molecule has 19 nitrogen and oxygen atoms in total. The van der Waals surface area contributed by atoms with E-state index in [1.165, 1.54) is 5.06 Å². The van der Waals surface area contributed by atoms with Gasteiger partial charge in [0.15, 0.2) is 10.8 Å². The summed E-state index contributed by atoms with van der Waals surface area (Å²) in [4.78, 5) is 111. The van der Waals surface area contributed by atoms with E-state index in [4.69, 9.17) is 47.5 Å². The van der Waals surface area contributed by atoms with Crippen molar-refractivity contribution in [2.75, 3.05) is 68.8 Å². The molecule has 2 fully saturated rings. The summed E-state index contributed by atoms with van der Waals surface area (Å²) < 4.78 is 49.1. The molecule has 0 N–H and O–H groups in total. The number of anilines is 1. The first-order valence-electron chi connectivity index (χ1n) is 17.4. The van der Waals surface area contributed by atoms with Gasteiger partial charge < -0.3 is 47.5 Å². The summed E-state index contributed by atoms with van der Waals surface area (Å²) in [5.74, 6) is -13.0. The number of hydrogen-bond acceptors (Lipinski definition) is 19. The molecule has 2 aromatic rings. The lowest BCUT2D eigenvalue weighted by Crippen LogP contribution is -2.55. The zero-order valence-electron chi connectivity index (χ0n) is 32.7. The lowest BCUT2D eigenvalue weighted by molar-refractivity contribution is -0.251. The highest BCUT2D eigenvalue weighted by Gasteiger charge is 3.10. The lowest BCUT2D eigenvalue weighted by atomic mass is 9.67. The average Bonchev–Trinajstić information content (AvgIpc) is 3.52. The monoisotopic (exact) mass is 806 g/mol. The number of benzene rings is 2. The Bertz CT molecular complexity index is 2260. The molecular formula is C39H38N2O17. The number of rotatable bonds is 10. The Balaban J connectivity index is 1.73. The van der Waals surface area contributed by atoms with Gasteiger partial charge in [-0.1, -0.05) is 48.5 Å². The Hall–Kier alpha value is -6.15. The molecule has 0 amide bonds. The van der Waals surface area contributed by atoms with E-state index in [9.17, 15) is 24.0 Å². The van der Waals surface area contributed by atoms with Crippen LogP contribution in [0.1, 0.15) is 23.3 Å². The first-order chi connectivity index (χ1) is 27.7. The zero-order chi connectivity index (χ0) is 42.3. The van der Waals surface area contributed by atoms with Crippen molar-refractivity contribution in [3.63, 3.8) is 0 Å². The summed E-state index contributed by atoms with van der Waals surface area (Å²) in [5, 5.41) is 1.33. The maximum absolute atomic E-state index is 15.3. The molecule has 306 valence electrons. The molecule has 0 aromatic heterocycles. The predicted octanol–water partition coefficient (Wildman–Crippen LogP) is 0.778. The molecule has 0 radical (unpaired) electrons. The number of fused-ring (bicyclic) bond motifs is 7. The number of hydroxylamine groups is 2. The lowest BCUT2D eigenvalue weighted by Gasteiger charge is -2.49. The number of nitrogens with zero attached hydrogens (tertiary/aromatic N) is 2. The van der Waals surface area contributed by atoms with E-state index >= 15 is 9.59 Å². The maximum atomic E-state index is 15.3. The summed E-state index contributed by atoms with van der Waals surface area (Å²) >= 11 is 0. The number of para-hydroxylation sites is 1. The highest BCUT2D eigenvalue weighted by atomic mass is 16.8. The Morgan fingerprint density at radius 2 is 1.14 bits per heavy atom. The van der Waals surface area contributed by atoms with Crippen LogP contribution in [0.3, 0.4) is 0 Å². The largest absolute Gasteiger partial charge is 0.468 e. The van der Waals surface area contributed by atoms with Crippen molar-refractivity contribution in [2.45, 2.75) is 29.2 Å².